The topological polar surface area (TPSA) is 26.3 Å². The number of carbonyl (C=O) groups is 1. The summed E-state index contributed by atoms with van der Waals surface area (Å²) < 4.78 is 5.44. The number of hydrogen-bond acceptors (Lipinski definition) is 2. The average Bonchev–Trinajstić information content (AvgIpc) is 2.47. The Balaban J connectivity index is 2.45. The zero-order valence-electron chi connectivity index (χ0n) is 12.6. The van der Waals surface area contributed by atoms with E-state index in [1.54, 1.807) is 0 Å². The largest absolute Gasteiger partial charge is 0.427 e. The zero-order chi connectivity index (χ0) is 14.2. The summed E-state index contributed by atoms with van der Waals surface area (Å²) in [6.45, 7) is 10.4. The van der Waals surface area contributed by atoms with Crippen molar-refractivity contribution in [1.29, 1.82) is 0 Å². The minimum atomic E-state index is -0.236. The first-order valence-corrected chi connectivity index (χ1v) is 7.15. The van der Waals surface area contributed by atoms with Crippen LogP contribution in [0.2, 0.25) is 0 Å². The van der Waals surface area contributed by atoms with Gasteiger partial charge in [-0.2, -0.15) is 0 Å². The van der Waals surface area contributed by atoms with E-state index in [-0.39, 0.29) is 11.4 Å². The van der Waals surface area contributed by atoms with Crippen LogP contribution >= 0.6 is 0 Å². The summed E-state index contributed by atoms with van der Waals surface area (Å²) in [5.74, 6) is 1.98. The molecule has 0 radical (unpaired) electrons. The molecule has 0 spiro atoms. The predicted octanol–water partition coefficient (Wildman–Crippen LogP) is 4.25. The number of hydrogen-bond donors (Lipinski definition) is 0. The van der Waals surface area contributed by atoms with E-state index >= 15 is 0 Å². The van der Waals surface area contributed by atoms with Gasteiger partial charge in [0.2, 0.25) is 0 Å². The molecule has 104 valence electrons. The van der Waals surface area contributed by atoms with Crippen molar-refractivity contribution in [1.82, 2.24) is 0 Å². The number of rotatable bonds is 2. The standard InChI is InChI=1S/C17H24O2/c1-11(2)15-10-16(19-13(4)18)14-7-6-12(3)8-9-17(14,15)5/h7-12,15H,6H2,1-5H3/t12-,15-,17-/m0/s1. The molecule has 0 amide bonds. The molecule has 0 heterocycles. The number of allylic oxidation sites excluding steroid dienone is 5. The molecule has 0 aliphatic heterocycles. The van der Waals surface area contributed by atoms with E-state index in [1.807, 2.05) is 0 Å². The Morgan fingerprint density at radius 3 is 2.74 bits per heavy atom. The van der Waals surface area contributed by atoms with Gasteiger partial charge in [-0.05, 0) is 30.3 Å². The summed E-state index contributed by atoms with van der Waals surface area (Å²) in [6.07, 6.45) is 10.0. The fourth-order valence-corrected chi connectivity index (χ4v) is 3.27. The highest BCUT2D eigenvalue weighted by molar-refractivity contribution is 5.69. The first-order valence-electron chi connectivity index (χ1n) is 7.15. The monoisotopic (exact) mass is 260 g/mol. The molecule has 0 fully saturated rings. The molecule has 0 unspecified atom stereocenters. The molecule has 2 aliphatic carbocycles. The normalized spacial score (nSPS) is 33.6. The lowest BCUT2D eigenvalue weighted by Gasteiger charge is -2.32. The van der Waals surface area contributed by atoms with Crippen LogP contribution in [0.1, 0.15) is 41.0 Å². The van der Waals surface area contributed by atoms with E-state index < -0.39 is 0 Å². The molecular weight excluding hydrogens is 236 g/mol. The maximum absolute atomic E-state index is 11.3. The van der Waals surface area contributed by atoms with Gasteiger partial charge in [-0.1, -0.05) is 45.9 Å². The van der Waals surface area contributed by atoms with E-state index in [9.17, 15) is 4.79 Å². The van der Waals surface area contributed by atoms with E-state index in [1.165, 1.54) is 12.5 Å². The Hall–Kier alpha value is -1.31. The van der Waals surface area contributed by atoms with Gasteiger partial charge in [-0.3, -0.25) is 4.79 Å². The van der Waals surface area contributed by atoms with Gasteiger partial charge in [0.15, 0.2) is 0 Å². The second-order valence-corrected chi connectivity index (χ2v) is 6.37. The quantitative estimate of drug-likeness (QED) is 0.548. The average molecular weight is 260 g/mol. The minimum Gasteiger partial charge on any atom is -0.427 e. The third-order valence-electron chi connectivity index (χ3n) is 4.31. The molecule has 0 N–H and O–H groups in total. The van der Waals surface area contributed by atoms with Crippen LogP contribution in [0.15, 0.2) is 35.6 Å². The van der Waals surface area contributed by atoms with Crippen LogP contribution in [0.3, 0.4) is 0 Å². The van der Waals surface area contributed by atoms with Crippen LogP contribution in [-0.4, -0.2) is 5.97 Å². The smallest absolute Gasteiger partial charge is 0.308 e. The van der Waals surface area contributed by atoms with Gasteiger partial charge < -0.3 is 4.74 Å². The Kier molecular flexibility index (Phi) is 3.71. The van der Waals surface area contributed by atoms with Crippen molar-refractivity contribution >= 4 is 5.97 Å². The molecular formula is C17H24O2. The van der Waals surface area contributed by atoms with Gasteiger partial charge in [0, 0.05) is 17.9 Å². The summed E-state index contributed by atoms with van der Waals surface area (Å²) in [7, 11) is 0. The van der Waals surface area contributed by atoms with Crippen molar-refractivity contribution < 1.29 is 9.53 Å². The van der Waals surface area contributed by atoms with Gasteiger partial charge in [0.25, 0.3) is 0 Å². The lowest BCUT2D eigenvalue weighted by Crippen LogP contribution is -2.26. The van der Waals surface area contributed by atoms with Crippen molar-refractivity contribution in [2.45, 2.75) is 41.0 Å². The van der Waals surface area contributed by atoms with Crippen molar-refractivity contribution in [2.24, 2.45) is 23.2 Å². The molecule has 3 atom stereocenters. The van der Waals surface area contributed by atoms with Crippen LogP contribution in [0, 0.1) is 23.2 Å². The third-order valence-corrected chi connectivity index (χ3v) is 4.31. The van der Waals surface area contributed by atoms with Crippen LogP contribution < -0.4 is 0 Å². The highest BCUT2D eigenvalue weighted by Crippen LogP contribution is 2.52. The SMILES string of the molecule is CC(=O)OC1=C[C@@H](C(C)C)[C@@]2(C)C=C[C@@H](C)CC=C12. The van der Waals surface area contributed by atoms with Gasteiger partial charge >= 0.3 is 5.97 Å². The van der Waals surface area contributed by atoms with Gasteiger partial charge in [-0.25, -0.2) is 0 Å². The maximum Gasteiger partial charge on any atom is 0.308 e. The molecule has 0 aromatic rings. The number of fused-ring (bicyclic) bond motifs is 1. The molecule has 2 nitrogen and oxygen atoms in total. The Morgan fingerprint density at radius 2 is 2.16 bits per heavy atom. The van der Waals surface area contributed by atoms with Gasteiger partial charge in [0.05, 0.1) is 0 Å². The number of ether oxygens (including phenoxy) is 1. The Labute approximate surface area is 116 Å². The van der Waals surface area contributed by atoms with Crippen molar-refractivity contribution in [3.63, 3.8) is 0 Å². The minimum absolute atomic E-state index is 0.0380. The summed E-state index contributed by atoms with van der Waals surface area (Å²) in [5.41, 5.74) is 1.14. The van der Waals surface area contributed by atoms with Gasteiger partial charge in [-0.15, -0.1) is 0 Å². The Bertz CT molecular complexity index is 468. The Morgan fingerprint density at radius 1 is 1.47 bits per heavy atom. The van der Waals surface area contributed by atoms with Crippen LogP contribution in [-0.2, 0) is 9.53 Å². The van der Waals surface area contributed by atoms with Crippen molar-refractivity contribution in [2.75, 3.05) is 0 Å². The maximum atomic E-state index is 11.3. The molecule has 19 heavy (non-hydrogen) atoms. The number of esters is 1. The van der Waals surface area contributed by atoms with E-state index in [4.69, 9.17) is 4.74 Å². The van der Waals surface area contributed by atoms with Crippen LogP contribution in [0.25, 0.3) is 0 Å². The molecule has 0 aromatic heterocycles. The summed E-state index contributed by atoms with van der Waals surface area (Å²) in [4.78, 5) is 11.3. The molecule has 2 rings (SSSR count). The fraction of sp³-hybridized carbons (Fsp3) is 0.588. The number of carbonyl (C=O) groups excluding carboxylic acids is 1. The predicted molar refractivity (Wildman–Crippen MR) is 77.3 cm³/mol. The van der Waals surface area contributed by atoms with E-state index in [0.29, 0.717) is 17.8 Å². The summed E-state index contributed by atoms with van der Waals surface area (Å²) >= 11 is 0. The first-order chi connectivity index (χ1) is 8.84. The highest BCUT2D eigenvalue weighted by Gasteiger charge is 2.44. The fourth-order valence-electron chi connectivity index (χ4n) is 3.27. The van der Waals surface area contributed by atoms with Crippen LogP contribution in [0.4, 0.5) is 0 Å². The first kappa shape index (κ1) is 14.1. The highest BCUT2D eigenvalue weighted by atomic mass is 16.5. The van der Waals surface area contributed by atoms with Crippen LogP contribution in [0.5, 0.6) is 0 Å². The van der Waals surface area contributed by atoms with Crippen molar-refractivity contribution in [3.05, 3.63) is 35.6 Å². The molecule has 0 saturated heterocycles. The van der Waals surface area contributed by atoms with E-state index in [0.717, 1.165) is 12.2 Å². The van der Waals surface area contributed by atoms with E-state index in [2.05, 4.69) is 52.0 Å². The summed E-state index contributed by atoms with van der Waals surface area (Å²) in [6, 6.07) is 0. The molecule has 0 saturated carbocycles. The molecule has 0 bridgehead atoms. The second-order valence-electron chi connectivity index (χ2n) is 6.37. The van der Waals surface area contributed by atoms with Crippen molar-refractivity contribution in [3.8, 4) is 0 Å². The van der Waals surface area contributed by atoms with Gasteiger partial charge in [0.1, 0.15) is 5.76 Å². The third kappa shape index (κ3) is 2.54. The molecule has 2 heteroatoms. The lowest BCUT2D eigenvalue weighted by atomic mass is 9.71. The summed E-state index contributed by atoms with van der Waals surface area (Å²) in [5, 5.41) is 0. The second kappa shape index (κ2) is 4.99. The zero-order valence-corrected chi connectivity index (χ0v) is 12.6. The molecule has 2 aliphatic rings. The lowest BCUT2D eigenvalue weighted by molar-refractivity contribution is -0.136. The molecule has 0 aromatic carbocycles.